The Hall–Kier alpha value is -4.77. The highest BCUT2D eigenvalue weighted by molar-refractivity contribution is 5.96. The minimum absolute atomic E-state index is 0.0562. The third-order valence-corrected chi connectivity index (χ3v) is 6.83. The van der Waals surface area contributed by atoms with E-state index < -0.39 is 0 Å². The van der Waals surface area contributed by atoms with Crippen molar-refractivity contribution >= 4 is 11.0 Å². The number of nitrogens with zero attached hydrogens (tertiary/aromatic N) is 3. The van der Waals surface area contributed by atoms with E-state index in [0.717, 1.165) is 39.1 Å². The van der Waals surface area contributed by atoms with Crippen molar-refractivity contribution in [3.05, 3.63) is 125 Å². The van der Waals surface area contributed by atoms with Crippen LogP contribution in [-0.4, -0.2) is 19.5 Å². The average Bonchev–Trinajstić information content (AvgIpc) is 3.33. The van der Waals surface area contributed by atoms with E-state index in [-0.39, 0.29) is 11.0 Å². The molecule has 6 rings (SSSR count). The first-order valence-corrected chi connectivity index (χ1v) is 12.7. The summed E-state index contributed by atoms with van der Waals surface area (Å²) in [4.78, 5) is 25.4. The lowest BCUT2D eigenvalue weighted by Gasteiger charge is -2.21. The molecule has 0 radical (unpaired) electrons. The lowest BCUT2D eigenvalue weighted by Crippen LogP contribution is -2.11. The summed E-state index contributed by atoms with van der Waals surface area (Å²) in [5.41, 5.74) is 8.30. The lowest BCUT2D eigenvalue weighted by molar-refractivity contribution is 0.590. The van der Waals surface area contributed by atoms with Gasteiger partial charge in [-0.15, -0.1) is 0 Å². The van der Waals surface area contributed by atoms with Crippen molar-refractivity contribution in [2.24, 2.45) is 0 Å². The summed E-state index contributed by atoms with van der Waals surface area (Å²) in [6.07, 6.45) is 3.47. The molecule has 5 nitrogen and oxygen atoms in total. The molecule has 0 aliphatic carbocycles. The minimum atomic E-state index is -0.172. The molecule has 0 saturated carbocycles. The normalized spacial score (nSPS) is 11.7. The van der Waals surface area contributed by atoms with E-state index in [1.165, 1.54) is 5.56 Å². The summed E-state index contributed by atoms with van der Waals surface area (Å²) in [7, 11) is 0. The van der Waals surface area contributed by atoms with Crippen LogP contribution >= 0.6 is 0 Å². The molecule has 3 heterocycles. The van der Waals surface area contributed by atoms with E-state index >= 15 is 0 Å². The second-order valence-corrected chi connectivity index (χ2v) is 10.5. The number of pyridine rings is 2. The van der Waals surface area contributed by atoms with Crippen LogP contribution in [0.15, 0.2) is 114 Å². The fourth-order valence-electron chi connectivity index (χ4n) is 4.85. The number of para-hydroxylation sites is 2. The number of H-pyrrole nitrogens is 1. The molecule has 0 aliphatic rings. The van der Waals surface area contributed by atoms with Crippen LogP contribution in [0.5, 0.6) is 0 Å². The molecule has 186 valence electrons. The van der Waals surface area contributed by atoms with E-state index in [2.05, 4.69) is 71.7 Å². The molecule has 38 heavy (non-hydrogen) atoms. The van der Waals surface area contributed by atoms with Crippen LogP contribution in [0.25, 0.3) is 50.5 Å². The van der Waals surface area contributed by atoms with Crippen LogP contribution in [0.4, 0.5) is 0 Å². The molecule has 0 saturated heterocycles. The van der Waals surface area contributed by atoms with Crippen LogP contribution < -0.4 is 5.56 Å². The summed E-state index contributed by atoms with van der Waals surface area (Å²) in [6.45, 7) is 6.66. The zero-order valence-electron chi connectivity index (χ0n) is 21.6. The van der Waals surface area contributed by atoms with Gasteiger partial charge in [0.2, 0.25) is 0 Å². The molecule has 1 N–H and O–H groups in total. The molecular formula is C33H28N4O. The monoisotopic (exact) mass is 496 g/mol. The quantitative estimate of drug-likeness (QED) is 0.276. The fourth-order valence-corrected chi connectivity index (χ4v) is 4.85. The number of aromatic nitrogens is 4. The van der Waals surface area contributed by atoms with Gasteiger partial charge < -0.3 is 4.98 Å². The molecule has 0 atom stereocenters. The molecule has 0 unspecified atom stereocenters. The Morgan fingerprint density at radius 2 is 1.53 bits per heavy atom. The van der Waals surface area contributed by atoms with Gasteiger partial charge in [0, 0.05) is 29.2 Å². The molecule has 0 aliphatic heterocycles. The Kier molecular flexibility index (Phi) is 5.76. The van der Waals surface area contributed by atoms with Gasteiger partial charge in [-0.2, -0.15) is 0 Å². The van der Waals surface area contributed by atoms with Crippen molar-refractivity contribution in [2.45, 2.75) is 26.2 Å². The Morgan fingerprint density at radius 1 is 0.763 bits per heavy atom. The number of benzene rings is 3. The summed E-state index contributed by atoms with van der Waals surface area (Å²) in [6, 6.07) is 32.6. The summed E-state index contributed by atoms with van der Waals surface area (Å²) < 4.78 is 2.07. The van der Waals surface area contributed by atoms with Crippen LogP contribution in [-0.2, 0) is 5.41 Å². The largest absolute Gasteiger partial charge is 0.328 e. The average molecular weight is 497 g/mol. The number of fused-ring (bicyclic) bond motifs is 1. The van der Waals surface area contributed by atoms with Gasteiger partial charge in [0.15, 0.2) is 5.82 Å². The van der Waals surface area contributed by atoms with Crippen molar-refractivity contribution in [3.63, 3.8) is 0 Å². The van der Waals surface area contributed by atoms with Crippen LogP contribution in [0.1, 0.15) is 26.3 Å². The van der Waals surface area contributed by atoms with Gasteiger partial charge in [0.25, 0.3) is 5.56 Å². The first-order valence-electron chi connectivity index (χ1n) is 12.7. The second kappa shape index (κ2) is 9.27. The Morgan fingerprint density at radius 3 is 2.26 bits per heavy atom. The molecule has 6 aromatic rings. The van der Waals surface area contributed by atoms with Crippen molar-refractivity contribution in [3.8, 4) is 39.5 Å². The molecule has 0 amide bonds. The SMILES string of the molecule is CC(C)(C)c1cc(-c2ccccn2)cc(-c2cccc3c2nc(-c2ccc[nH]c2=O)n3-c2ccccc2)c1. The number of hydrogen-bond donors (Lipinski definition) is 1. The minimum Gasteiger partial charge on any atom is -0.328 e. The van der Waals surface area contributed by atoms with Crippen LogP contribution in [0.3, 0.4) is 0 Å². The number of aromatic amines is 1. The fraction of sp³-hybridized carbons (Fsp3) is 0.121. The molecule has 3 aromatic carbocycles. The van der Waals surface area contributed by atoms with Crippen molar-refractivity contribution in [1.82, 2.24) is 19.5 Å². The number of rotatable bonds is 4. The number of hydrogen-bond acceptors (Lipinski definition) is 3. The highest BCUT2D eigenvalue weighted by Crippen LogP contribution is 2.37. The smallest absolute Gasteiger partial charge is 0.258 e. The predicted octanol–water partition coefficient (Wildman–Crippen LogP) is 7.41. The first kappa shape index (κ1) is 23.6. The van der Waals surface area contributed by atoms with Gasteiger partial charge in [0.05, 0.1) is 22.3 Å². The van der Waals surface area contributed by atoms with Crippen molar-refractivity contribution < 1.29 is 0 Å². The molecule has 0 spiro atoms. The maximum Gasteiger partial charge on any atom is 0.258 e. The maximum absolute atomic E-state index is 12.9. The van der Waals surface area contributed by atoms with E-state index in [0.29, 0.717) is 11.4 Å². The number of imidazole rings is 1. The van der Waals surface area contributed by atoms with Gasteiger partial charge in [-0.3, -0.25) is 14.3 Å². The highest BCUT2D eigenvalue weighted by Gasteiger charge is 2.21. The lowest BCUT2D eigenvalue weighted by atomic mass is 9.83. The summed E-state index contributed by atoms with van der Waals surface area (Å²) >= 11 is 0. The molecule has 0 fully saturated rings. The third kappa shape index (κ3) is 4.22. The van der Waals surface area contributed by atoms with Crippen LogP contribution in [0.2, 0.25) is 0 Å². The van der Waals surface area contributed by atoms with Gasteiger partial charge in [-0.05, 0) is 71.1 Å². The van der Waals surface area contributed by atoms with Crippen molar-refractivity contribution in [1.29, 1.82) is 0 Å². The van der Waals surface area contributed by atoms with Gasteiger partial charge in [-0.25, -0.2) is 4.98 Å². The molecule has 3 aromatic heterocycles. The van der Waals surface area contributed by atoms with E-state index in [1.807, 2.05) is 66.9 Å². The second-order valence-electron chi connectivity index (χ2n) is 10.5. The molecule has 0 bridgehead atoms. The van der Waals surface area contributed by atoms with E-state index in [9.17, 15) is 4.79 Å². The first-order chi connectivity index (χ1) is 18.4. The topological polar surface area (TPSA) is 63.6 Å². The standard InChI is InChI=1S/C33H28N4O/c1-33(2,3)24-20-22(19-23(21-24)28-15-7-8-17-34-28)26-13-9-16-29-30(26)36-31(27-14-10-18-35-32(27)38)37(29)25-11-5-4-6-12-25/h4-21H,1-3H3,(H,35,38). The maximum atomic E-state index is 12.9. The third-order valence-electron chi connectivity index (χ3n) is 6.83. The molecular weight excluding hydrogens is 468 g/mol. The van der Waals surface area contributed by atoms with Gasteiger partial charge in [0.1, 0.15) is 0 Å². The van der Waals surface area contributed by atoms with Gasteiger partial charge in [-0.1, -0.05) is 63.2 Å². The summed E-state index contributed by atoms with van der Waals surface area (Å²) in [5.74, 6) is 0.609. The van der Waals surface area contributed by atoms with E-state index in [1.54, 1.807) is 6.20 Å². The van der Waals surface area contributed by atoms with Gasteiger partial charge >= 0.3 is 0 Å². The highest BCUT2D eigenvalue weighted by atomic mass is 16.1. The Labute approximate surface area is 221 Å². The Bertz CT molecular complexity index is 1810. The summed E-state index contributed by atoms with van der Waals surface area (Å²) in [5, 5.41) is 0. The zero-order valence-corrected chi connectivity index (χ0v) is 21.6. The van der Waals surface area contributed by atoms with Crippen LogP contribution in [0, 0.1) is 0 Å². The predicted molar refractivity (Wildman–Crippen MR) is 154 cm³/mol. The Balaban J connectivity index is 1.66. The van der Waals surface area contributed by atoms with Crippen molar-refractivity contribution in [2.75, 3.05) is 0 Å². The zero-order chi connectivity index (χ0) is 26.3. The number of nitrogens with one attached hydrogen (secondary N) is 1. The van der Waals surface area contributed by atoms with E-state index in [4.69, 9.17) is 4.98 Å². The molecule has 5 heteroatoms.